The summed E-state index contributed by atoms with van der Waals surface area (Å²) in [6.07, 6.45) is 1.49. The molecule has 45 heavy (non-hydrogen) atoms. The molecule has 0 aliphatic carbocycles. The first-order valence-electron chi connectivity index (χ1n) is 15.6. The van der Waals surface area contributed by atoms with Gasteiger partial charge in [-0.25, -0.2) is 4.98 Å². The summed E-state index contributed by atoms with van der Waals surface area (Å²) in [6, 6.07) is 32.5. The van der Waals surface area contributed by atoms with Gasteiger partial charge in [-0.2, -0.15) is 0 Å². The predicted octanol–water partition coefficient (Wildman–Crippen LogP) is 8.00. The minimum atomic E-state index is 0.210. The second-order valence-corrected chi connectivity index (χ2v) is 11.4. The Balaban J connectivity index is 1.27. The fraction of sp³-hybridized carbons (Fsp3) is 0.289. The first-order chi connectivity index (χ1) is 22.1. The number of rotatable bonds is 13. The molecule has 0 bridgehead atoms. The number of oxazole rings is 1. The third-order valence-electron chi connectivity index (χ3n) is 7.93. The lowest BCUT2D eigenvalue weighted by Crippen LogP contribution is -2.38. The van der Waals surface area contributed by atoms with Crippen LogP contribution in [0.5, 0.6) is 17.2 Å². The highest BCUT2D eigenvalue weighted by Crippen LogP contribution is 2.43. The van der Waals surface area contributed by atoms with Gasteiger partial charge in [0.05, 0.1) is 13.2 Å². The lowest BCUT2D eigenvalue weighted by molar-refractivity contribution is 0.0322. The molecule has 1 aliphatic rings. The standard InChI is InChI=1S/C38H40N2O5/c1-28(2)33-23-34(36(44-26-30-11-7-4-8-12-30)24-35(33)43-25-29-9-5-3-6-10-29)37-38(45-27-39-37)31-13-15-32(16-14-31)42-22-19-40-17-20-41-21-18-40/h3-16,23-24,27-28H,17-22,25-26H2,1-2H3. The highest BCUT2D eigenvalue weighted by molar-refractivity contribution is 5.81. The fourth-order valence-electron chi connectivity index (χ4n) is 5.39. The minimum Gasteiger partial charge on any atom is -0.492 e. The molecule has 1 aliphatic heterocycles. The maximum Gasteiger partial charge on any atom is 0.182 e. The van der Waals surface area contributed by atoms with Gasteiger partial charge in [-0.3, -0.25) is 4.90 Å². The number of nitrogens with zero attached hydrogens (tertiary/aromatic N) is 2. The molecule has 0 spiro atoms. The lowest BCUT2D eigenvalue weighted by atomic mass is 9.96. The van der Waals surface area contributed by atoms with E-state index in [9.17, 15) is 0 Å². The number of morpholine rings is 1. The average Bonchev–Trinajstić information content (AvgIpc) is 3.58. The van der Waals surface area contributed by atoms with Gasteiger partial charge in [0.15, 0.2) is 12.2 Å². The molecule has 2 heterocycles. The Morgan fingerprint density at radius 2 is 1.40 bits per heavy atom. The molecule has 1 saturated heterocycles. The maximum absolute atomic E-state index is 6.49. The van der Waals surface area contributed by atoms with E-state index in [1.165, 1.54) is 6.39 Å². The monoisotopic (exact) mass is 604 g/mol. The Morgan fingerprint density at radius 1 is 0.756 bits per heavy atom. The maximum atomic E-state index is 6.49. The van der Waals surface area contributed by atoms with Crippen LogP contribution in [0.1, 0.15) is 36.5 Å². The first-order valence-corrected chi connectivity index (χ1v) is 15.6. The van der Waals surface area contributed by atoms with E-state index >= 15 is 0 Å². The Labute approximate surface area is 265 Å². The highest BCUT2D eigenvalue weighted by Gasteiger charge is 2.22. The van der Waals surface area contributed by atoms with Crippen LogP contribution in [0.25, 0.3) is 22.6 Å². The van der Waals surface area contributed by atoms with Crippen LogP contribution in [0.15, 0.2) is 108 Å². The van der Waals surface area contributed by atoms with Gasteiger partial charge >= 0.3 is 0 Å². The molecule has 6 rings (SSSR count). The zero-order valence-corrected chi connectivity index (χ0v) is 26.0. The molecule has 5 aromatic rings. The summed E-state index contributed by atoms with van der Waals surface area (Å²) >= 11 is 0. The molecule has 7 nitrogen and oxygen atoms in total. The molecule has 1 aromatic heterocycles. The Bertz CT molecular complexity index is 1630. The van der Waals surface area contributed by atoms with Crippen LogP contribution in [0.3, 0.4) is 0 Å². The second kappa shape index (κ2) is 14.9. The van der Waals surface area contributed by atoms with E-state index in [1.807, 2.05) is 66.7 Å². The minimum absolute atomic E-state index is 0.210. The molecule has 0 unspecified atom stereocenters. The van der Waals surface area contributed by atoms with Crippen LogP contribution < -0.4 is 14.2 Å². The number of benzene rings is 4. The van der Waals surface area contributed by atoms with E-state index in [0.29, 0.717) is 31.3 Å². The number of hydrogen-bond donors (Lipinski definition) is 0. The van der Waals surface area contributed by atoms with Crippen LogP contribution in [0.2, 0.25) is 0 Å². The first kappa shape index (κ1) is 30.4. The Morgan fingerprint density at radius 3 is 2.04 bits per heavy atom. The lowest BCUT2D eigenvalue weighted by Gasteiger charge is -2.26. The molecular weight excluding hydrogens is 564 g/mol. The quantitative estimate of drug-likeness (QED) is 0.135. The smallest absolute Gasteiger partial charge is 0.182 e. The summed E-state index contributed by atoms with van der Waals surface area (Å²) in [6.45, 7) is 10.2. The third kappa shape index (κ3) is 7.93. The van der Waals surface area contributed by atoms with Crippen molar-refractivity contribution < 1.29 is 23.4 Å². The largest absolute Gasteiger partial charge is 0.492 e. The van der Waals surface area contributed by atoms with Crippen LogP contribution in [-0.2, 0) is 18.0 Å². The summed E-state index contributed by atoms with van der Waals surface area (Å²) in [7, 11) is 0. The molecule has 0 saturated carbocycles. The van der Waals surface area contributed by atoms with Crippen molar-refractivity contribution in [3.05, 3.63) is 120 Å². The second-order valence-electron chi connectivity index (χ2n) is 11.4. The van der Waals surface area contributed by atoms with Crippen LogP contribution >= 0.6 is 0 Å². The van der Waals surface area contributed by atoms with Gasteiger partial charge in [-0.15, -0.1) is 0 Å². The summed E-state index contributed by atoms with van der Waals surface area (Å²) in [5.74, 6) is 3.19. The zero-order chi connectivity index (χ0) is 30.8. The van der Waals surface area contributed by atoms with Gasteiger partial charge in [0.25, 0.3) is 0 Å². The molecular formula is C38H40N2O5. The Hall–Kier alpha value is -4.59. The van der Waals surface area contributed by atoms with Crippen LogP contribution in [0.4, 0.5) is 0 Å². The summed E-state index contributed by atoms with van der Waals surface area (Å²) < 4.78 is 30.4. The zero-order valence-electron chi connectivity index (χ0n) is 26.0. The van der Waals surface area contributed by atoms with Crippen molar-refractivity contribution >= 4 is 0 Å². The van der Waals surface area contributed by atoms with Crippen molar-refractivity contribution in [3.8, 4) is 39.8 Å². The van der Waals surface area contributed by atoms with Crippen molar-refractivity contribution in [3.63, 3.8) is 0 Å². The summed E-state index contributed by atoms with van der Waals surface area (Å²) in [5.41, 5.74) is 5.74. The predicted molar refractivity (Wildman–Crippen MR) is 176 cm³/mol. The topological polar surface area (TPSA) is 66.2 Å². The van der Waals surface area contributed by atoms with Crippen molar-refractivity contribution in [1.82, 2.24) is 9.88 Å². The van der Waals surface area contributed by atoms with E-state index in [1.54, 1.807) is 0 Å². The molecule has 0 N–H and O–H groups in total. The molecule has 0 amide bonds. The average molecular weight is 605 g/mol. The van der Waals surface area contributed by atoms with Gasteiger partial charge in [0.2, 0.25) is 0 Å². The van der Waals surface area contributed by atoms with Crippen molar-refractivity contribution in [1.29, 1.82) is 0 Å². The van der Waals surface area contributed by atoms with Gasteiger partial charge < -0.3 is 23.4 Å². The van der Waals surface area contributed by atoms with Crippen molar-refractivity contribution in [2.24, 2.45) is 0 Å². The Kier molecular flexibility index (Phi) is 10.1. The summed E-state index contributed by atoms with van der Waals surface area (Å²) in [5, 5.41) is 0. The van der Waals surface area contributed by atoms with Gasteiger partial charge in [-0.05, 0) is 52.9 Å². The number of ether oxygens (including phenoxy) is 4. The summed E-state index contributed by atoms with van der Waals surface area (Å²) in [4.78, 5) is 7.05. The van der Waals surface area contributed by atoms with E-state index < -0.39 is 0 Å². The SMILES string of the molecule is CC(C)c1cc(-c2ncoc2-c2ccc(OCCN3CCOCC3)cc2)c(OCc2ccccc2)cc1OCc1ccccc1. The van der Waals surface area contributed by atoms with E-state index in [2.05, 4.69) is 49.1 Å². The fourth-order valence-corrected chi connectivity index (χ4v) is 5.39. The number of aromatic nitrogens is 1. The molecule has 7 heteroatoms. The molecule has 0 atom stereocenters. The van der Waals surface area contributed by atoms with Crippen molar-refractivity contribution in [2.45, 2.75) is 33.0 Å². The van der Waals surface area contributed by atoms with Crippen molar-refractivity contribution in [2.75, 3.05) is 39.5 Å². The molecule has 0 radical (unpaired) electrons. The number of hydrogen-bond acceptors (Lipinski definition) is 7. The molecule has 232 valence electrons. The normalized spacial score (nSPS) is 13.6. The van der Waals surface area contributed by atoms with E-state index in [0.717, 1.165) is 77.9 Å². The third-order valence-corrected chi connectivity index (χ3v) is 7.93. The van der Waals surface area contributed by atoms with Gasteiger partial charge in [0, 0.05) is 36.8 Å². The highest BCUT2D eigenvalue weighted by atomic mass is 16.5. The van der Waals surface area contributed by atoms with E-state index in [-0.39, 0.29) is 5.92 Å². The van der Waals surface area contributed by atoms with Crippen LogP contribution in [0, 0.1) is 0 Å². The molecule has 1 fully saturated rings. The molecule has 4 aromatic carbocycles. The van der Waals surface area contributed by atoms with Gasteiger partial charge in [-0.1, -0.05) is 74.5 Å². The van der Waals surface area contributed by atoms with E-state index in [4.69, 9.17) is 28.3 Å². The van der Waals surface area contributed by atoms with Crippen LogP contribution in [-0.4, -0.2) is 49.3 Å². The van der Waals surface area contributed by atoms with Gasteiger partial charge in [0.1, 0.15) is 42.8 Å².